The highest BCUT2D eigenvalue weighted by molar-refractivity contribution is 9.10. The Bertz CT molecular complexity index is 328. The fourth-order valence-electron chi connectivity index (χ4n) is 0.810. The van der Waals surface area contributed by atoms with Gasteiger partial charge < -0.3 is 9.84 Å². The smallest absolute Gasteiger partial charge is 0.338 e. The van der Waals surface area contributed by atoms with Crippen molar-refractivity contribution in [2.24, 2.45) is 0 Å². The van der Waals surface area contributed by atoms with Crippen LogP contribution in [0.2, 0.25) is 5.02 Å². The van der Waals surface area contributed by atoms with Crippen LogP contribution in [0.15, 0.2) is 16.6 Å². The molecule has 0 radical (unpaired) electrons. The molecule has 13 heavy (non-hydrogen) atoms. The van der Waals surface area contributed by atoms with Gasteiger partial charge in [-0.15, -0.1) is 0 Å². The van der Waals surface area contributed by atoms with Gasteiger partial charge in [0.25, 0.3) is 0 Å². The van der Waals surface area contributed by atoms with Crippen molar-refractivity contribution >= 4 is 33.5 Å². The maximum atomic E-state index is 11.0. The van der Waals surface area contributed by atoms with Crippen molar-refractivity contribution in [1.29, 1.82) is 0 Å². The van der Waals surface area contributed by atoms with Gasteiger partial charge in [0.15, 0.2) is 0 Å². The van der Waals surface area contributed by atoms with Crippen LogP contribution < -0.4 is 0 Å². The fourth-order valence-corrected chi connectivity index (χ4v) is 1.25. The Morgan fingerprint density at radius 1 is 1.62 bits per heavy atom. The molecule has 1 aromatic rings. The van der Waals surface area contributed by atoms with Crippen LogP contribution in [0.1, 0.15) is 10.4 Å². The Hall–Kier alpha value is -0.740. The van der Waals surface area contributed by atoms with Crippen molar-refractivity contribution in [2.45, 2.75) is 0 Å². The van der Waals surface area contributed by atoms with Gasteiger partial charge in [0, 0.05) is 0 Å². The summed E-state index contributed by atoms with van der Waals surface area (Å²) in [5, 5.41) is 9.55. The summed E-state index contributed by atoms with van der Waals surface area (Å²) < 4.78 is 4.82. The highest BCUT2D eigenvalue weighted by Gasteiger charge is 2.11. The van der Waals surface area contributed by atoms with E-state index < -0.39 is 5.97 Å². The summed E-state index contributed by atoms with van der Waals surface area (Å²) in [5.74, 6) is -0.627. The average Bonchev–Trinajstić information content (AvgIpc) is 2.12. The average molecular weight is 265 g/mol. The van der Waals surface area contributed by atoms with Gasteiger partial charge in [0.2, 0.25) is 0 Å². The van der Waals surface area contributed by atoms with Crippen LogP contribution in [0.25, 0.3) is 0 Å². The third-order valence-electron chi connectivity index (χ3n) is 1.43. The Morgan fingerprint density at radius 3 is 2.69 bits per heavy atom. The van der Waals surface area contributed by atoms with Gasteiger partial charge in [-0.3, -0.25) is 0 Å². The van der Waals surface area contributed by atoms with E-state index in [4.69, 9.17) is 11.6 Å². The van der Waals surface area contributed by atoms with E-state index in [-0.39, 0.29) is 16.3 Å². The Labute approximate surface area is 88.4 Å². The van der Waals surface area contributed by atoms with Crippen LogP contribution in [0.3, 0.4) is 0 Å². The molecule has 1 aromatic carbocycles. The van der Waals surface area contributed by atoms with Crippen LogP contribution in [-0.2, 0) is 4.74 Å². The first-order valence-corrected chi connectivity index (χ1v) is 4.49. The summed E-state index contributed by atoms with van der Waals surface area (Å²) in [4.78, 5) is 11.0. The largest absolute Gasteiger partial charge is 0.507 e. The Balaban J connectivity index is 3.20. The molecule has 1 rings (SSSR count). The van der Waals surface area contributed by atoms with Crippen LogP contribution in [0.5, 0.6) is 5.75 Å². The van der Waals surface area contributed by atoms with Gasteiger partial charge in [-0.25, -0.2) is 4.79 Å². The minimum absolute atomic E-state index is 0.0899. The number of benzene rings is 1. The van der Waals surface area contributed by atoms with Crippen molar-refractivity contribution in [1.82, 2.24) is 0 Å². The predicted octanol–water partition coefficient (Wildman–Crippen LogP) is 2.59. The third kappa shape index (κ3) is 2.14. The molecule has 0 aromatic heterocycles. The van der Waals surface area contributed by atoms with Crippen LogP contribution in [-0.4, -0.2) is 18.2 Å². The first-order chi connectivity index (χ1) is 6.06. The Kier molecular flexibility index (Phi) is 3.17. The number of rotatable bonds is 1. The molecule has 0 saturated carbocycles. The Morgan fingerprint density at radius 2 is 2.23 bits per heavy atom. The molecule has 1 N–H and O–H groups in total. The molecule has 0 heterocycles. The van der Waals surface area contributed by atoms with Gasteiger partial charge >= 0.3 is 5.97 Å². The molecule has 0 bridgehead atoms. The van der Waals surface area contributed by atoms with Crippen LogP contribution in [0.4, 0.5) is 0 Å². The quantitative estimate of drug-likeness (QED) is 0.794. The van der Waals surface area contributed by atoms with Crippen molar-refractivity contribution in [3.05, 3.63) is 27.2 Å². The lowest BCUT2D eigenvalue weighted by atomic mass is 10.2. The van der Waals surface area contributed by atoms with Crippen LogP contribution >= 0.6 is 27.5 Å². The fraction of sp³-hybridized carbons (Fsp3) is 0.125. The molecule has 3 nitrogen and oxygen atoms in total. The normalized spacial score (nSPS) is 9.77. The van der Waals surface area contributed by atoms with E-state index in [1.165, 1.54) is 19.2 Å². The molecular weight excluding hydrogens is 259 g/mol. The second-order valence-corrected chi connectivity index (χ2v) is 3.48. The standard InChI is InChI=1S/C8H6BrClO3/c1-13-8(12)4-2-5(10)7(9)6(11)3-4/h2-3,11H,1H3. The SMILES string of the molecule is COC(=O)c1cc(O)c(Br)c(Cl)c1. The molecule has 0 aliphatic rings. The molecule has 5 heteroatoms. The number of phenols is 1. The minimum atomic E-state index is -0.537. The molecule has 0 atom stereocenters. The van der Waals surface area contributed by atoms with Crippen molar-refractivity contribution in [2.75, 3.05) is 7.11 Å². The molecule has 0 amide bonds. The van der Waals surface area contributed by atoms with Gasteiger partial charge in [-0.05, 0) is 28.1 Å². The summed E-state index contributed by atoms with van der Waals surface area (Å²) in [6.07, 6.45) is 0. The molecular formula is C8H6BrClO3. The highest BCUT2D eigenvalue weighted by Crippen LogP contribution is 2.32. The number of carbonyl (C=O) groups is 1. The molecule has 0 fully saturated rings. The summed E-state index contributed by atoms with van der Waals surface area (Å²) in [6.45, 7) is 0. The van der Waals surface area contributed by atoms with Gasteiger partial charge in [0.05, 0.1) is 22.2 Å². The second kappa shape index (κ2) is 3.98. The number of methoxy groups -OCH3 is 1. The van der Waals surface area contributed by atoms with E-state index in [1.54, 1.807) is 0 Å². The monoisotopic (exact) mass is 264 g/mol. The minimum Gasteiger partial charge on any atom is -0.507 e. The van der Waals surface area contributed by atoms with Gasteiger partial charge in [-0.1, -0.05) is 11.6 Å². The molecule has 0 aliphatic carbocycles. The van der Waals surface area contributed by atoms with E-state index >= 15 is 0 Å². The molecule has 70 valence electrons. The summed E-state index contributed by atoms with van der Waals surface area (Å²) in [5.41, 5.74) is 0.216. The number of aromatic hydroxyl groups is 1. The van der Waals surface area contributed by atoms with Gasteiger partial charge in [0.1, 0.15) is 5.75 Å². The summed E-state index contributed by atoms with van der Waals surface area (Å²) in [7, 11) is 1.26. The van der Waals surface area contributed by atoms with Crippen LogP contribution in [0, 0.1) is 0 Å². The summed E-state index contributed by atoms with van der Waals surface area (Å²) >= 11 is 8.76. The molecule has 0 spiro atoms. The highest BCUT2D eigenvalue weighted by atomic mass is 79.9. The van der Waals surface area contributed by atoms with Crippen molar-refractivity contribution < 1.29 is 14.6 Å². The van der Waals surface area contributed by atoms with Crippen molar-refractivity contribution in [3.8, 4) is 5.75 Å². The number of phenolic OH excluding ortho intramolecular Hbond substituents is 1. The lowest BCUT2D eigenvalue weighted by molar-refractivity contribution is 0.0600. The number of hydrogen-bond donors (Lipinski definition) is 1. The van der Waals surface area contributed by atoms with E-state index in [2.05, 4.69) is 20.7 Å². The van der Waals surface area contributed by atoms with E-state index in [9.17, 15) is 9.90 Å². The number of ether oxygens (including phenoxy) is 1. The molecule has 0 unspecified atom stereocenters. The maximum Gasteiger partial charge on any atom is 0.338 e. The lowest BCUT2D eigenvalue weighted by Gasteiger charge is -2.03. The van der Waals surface area contributed by atoms with E-state index in [0.29, 0.717) is 4.47 Å². The lowest BCUT2D eigenvalue weighted by Crippen LogP contribution is -2.00. The summed E-state index contributed by atoms with van der Waals surface area (Å²) in [6, 6.07) is 2.69. The van der Waals surface area contributed by atoms with Crippen molar-refractivity contribution in [3.63, 3.8) is 0 Å². The number of esters is 1. The first kappa shape index (κ1) is 10.3. The topological polar surface area (TPSA) is 46.5 Å². The third-order valence-corrected chi connectivity index (χ3v) is 2.79. The van der Waals surface area contributed by atoms with E-state index in [1.807, 2.05) is 0 Å². The zero-order valence-electron chi connectivity index (χ0n) is 6.67. The number of halogens is 2. The zero-order valence-corrected chi connectivity index (χ0v) is 9.02. The van der Waals surface area contributed by atoms with E-state index in [0.717, 1.165) is 0 Å². The number of carbonyl (C=O) groups excluding carboxylic acids is 1. The maximum absolute atomic E-state index is 11.0. The second-order valence-electron chi connectivity index (χ2n) is 2.28. The molecule has 0 aliphatic heterocycles. The number of hydrogen-bond acceptors (Lipinski definition) is 3. The van der Waals surface area contributed by atoms with Gasteiger partial charge in [-0.2, -0.15) is 0 Å². The zero-order chi connectivity index (χ0) is 10.0. The molecule has 0 saturated heterocycles. The predicted molar refractivity (Wildman–Crippen MR) is 52.2 cm³/mol. The first-order valence-electron chi connectivity index (χ1n) is 3.32.